The molecule has 2 aromatic rings. The second-order valence-electron chi connectivity index (χ2n) is 9.94. The van der Waals surface area contributed by atoms with Gasteiger partial charge in [-0.15, -0.1) is 0 Å². The molecule has 3 heterocycles. The van der Waals surface area contributed by atoms with Crippen LogP contribution >= 0.6 is 0 Å². The number of amides is 1. The third kappa shape index (κ3) is 6.84. The van der Waals surface area contributed by atoms with Crippen molar-refractivity contribution in [3.63, 3.8) is 0 Å². The van der Waals surface area contributed by atoms with Crippen molar-refractivity contribution < 1.29 is 13.7 Å². The lowest BCUT2D eigenvalue weighted by atomic mass is 9.92. The summed E-state index contributed by atoms with van der Waals surface area (Å²) < 4.78 is 18.5. The summed E-state index contributed by atoms with van der Waals surface area (Å²) in [6, 6.07) is 6.04. The zero-order chi connectivity index (χ0) is 23.2. The number of halogens is 1. The molecule has 2 aliphatic rings. The van der Waals surface area contributed by atoms with Gasteiger partial charge < -0.3 is 14.7 Å². The number of piperidine rings is 2. The monoisotopic (exact) mass is 457 g/mol. The SMILES string of the molecule is CC1CC(C)CN(CCCNC(=O)C2CCCN(Cc3nc(-c4ccc(F)cc4)no3)C2)C1. The molecule has 3 unspecified atom stereocenters. The first kappa shape index (κ1) is 23.8. The lowest BCUT2D eigenvalue weighted by Crippen LogP contribution is -2.43. The summed E-state index contributed by atoms with van der Waals surface area (Å²) in [7, 11) is 0. The number of benzene rings is 1. The van der Waals surface area contributed by atoms with Crippen LogP contribution in [0.3, 0.4) is 0 Å². The fourth-order valence-corrected chi connectivity index (χ4v) is 5.27. The standard InChI is InChI=1S/C25H36FN5O2/c1-18-13-19(2)15-30(14-18)12-4-10-27-25(32)21-5-3-11-31(16-21)17-23-28-24(29-33-23)20-6-8-22(26)9-7-20/h6-9,18-19,21H,3-5,10-17H2,1-2H3,(H,27,32). The minimum atomic E-state index is -0.296. The van der Waals surface area contributed by atoms with Gasteiger partial charge in [0.1, 0.15) is 5.82 Å². The number of likely N-dealkylation sites (tertiary alicyclic amines) is 2. The second-order valence-corrected chi connectivity index (χ2v) is 9.94. The molecule has 2 saturated heterocycles. The number of nitrogens with zero attached hydrogens (tertiary/aromatic N) is 4. The van der Waals surface area contributed by atoms with E-state index in [2.05, 4.69) is 39.1 Å². The Balaban J connectivity index is 1.20. The van der Waals surface area contributed by atoms with Gasteiger partial charge in [-0.25, -0.2) is 4.39 Å². The van der Waals surface area contributed by atoms with Gasteiger partial charge in [0.15, 0.2) is 0 Å². The van der Waals surface area contributed by atoms with Crippen molar-refractivity contribution in [3.05, 3.63) is 36.0 Å². The molecule has 33 heavy (non-hydrogen) atoms. The Morgan fingerprint density at radius 3 is 2.67 bits per heavy atom. The maximum absolute atomic E-state index is 13.1. The van der Waals surface area contributed by atoms with Crippen LogP contribution in [0.4, 0.5) is 4.39 Å². The molecule has 1 amide bonds. The van der Waals surface area contributed by atoms with Gasteiger partial charge in [0.05, 0.1) is 12.5 Å². The van der Waals surface area contributed by atoms with Crippen LogP contribution in [0.15, 0.2) is 28.8 Å². The molecule has 0 aliphatic carbocycles. The largest absolute Gasteiger partial charge is 0.356 e. The lowest BCUT2D eigenvalue weighted by molar-refractivity contribution is -0.126. The van der Waals surface area contributed by atoms with E-state index in [-0.39, 0.29) is 17.6 Å². The Hall–Kier alpha value is -2.32. The van der Waals surface area contributed by atoms with Crippen molar-refractivity contribution in [2.45, 2.75) is 46.1 Å². The first-order valence-corrected chi connectivity index (χ1v) is 12.3. The van der Waals surface area contributed by atoms with E-state index in [9.17, 15) is 9.18 Å². The first-order chi connectivity index (χ1) is 16.0. The van der Waals surface area contributed by atoms with E-state index >= 15 is 0 Å². The highest BCUT2D eigenvalue weighted by Gasteiger charge is 2.27. The smallest absolute Gasteiger partial charge is 0.241 e. The van der Waals surface area contributed by atoms with E-state index in [0.717, 1.165) is 56.3 Å². The Kier molecular flexibility index (Phi) is 8.09. The molecule has 3 atom stereocenters. The van der Waals surface area contributed by atoms with Crippen molar-refractivity contribution in [1.29, 1.82) is 0 Å². The summed E-state index contributed by atoms with van der Waals surface area (Å²) in [6.45, 7) is 10.9. The minimum absolute atomic E-state index is 0.00623. The van der Waals surface area contributed by atoms with Gasteiger partial charge in [0.2, 0.25) is 17.6 Å². The molecule has 0 spiro atoms. The number of aromatic nitrogens is 2. The van der Waals surface area contributed by atoms with Gasteiger partial charge in [-0.3, -0.25) is 9.69 Å². The number of rotatable bonds is 8. The highest BCUT2D eigenvalue weighted by molar-refractivity contribution is 5.78. The Bertz CT molecular complexity index is 892. The quantitative estimate of drug-likeness (QED) is 0.611. The summed E-state index contributed by atoms with van der Waals surface area (Å²) in [5.74, 6) is 2.35. The third-order valence-electron chi connectivity index (χ3n) is 6.70. The molecule has 8 heteroatoms. The molecule has 1 N–H and O–H groups in total. The number of carbonyl (C=O) groups excluding carboxylic acids is 1. The third-order valence-corrected chi connectivity index (χ3v) is 6.70. The lowest BCUT2D eigenvalue weighted by Gasteiger charge is -2.35. The molecule has 0 saturated carbocycles. The van der Waals surface area contributed by atoms with E-state index in [0.29, 0.717) is 24.8 Å². The molecule has 1 aromatic heterocycles. The maximum Gasteiger partial charge on any atom is 0.241 e. The predicted molar refractivity (Wildman–Crippen MR) is 125 cm³/mol. The number of hydrogen-bond acceptors (Lipinski definition) is 6. The maximum atomic E-state index is 13.1. The van der Waals surface area contributed by atoms with Crippen LogP contribution in [0, 0.1) is 23.6 Å². The number of hydrogen-bond donors (Lipinski definition) is 1. The molecule has 0 radical (unpaired) electrons. The zero-order valence-electron chi connectivity index (χ0n) is 19.8. The predicted octanol–water partition coefficient (Wildman–Crippen LogP) is 3.57. The average Bonchev–Trinajstić information content (AvgIpc) is 3.25. The van der Waals surface area contributed by atoms with E-state index in [1.807, 2.05) is 0 Å². The molecule has 7 nitrogen and oxygen atoms in total. The molecule has 180 valence electrons. The Morgan fingerprint density at radius 1 is 1.15 bits per heavy atom. The highest BCUT2D eigenvalue weighted by Crippen LogP contribution is 2.22. The average molecular weight is 458 g/mol. The van der Waals surface area contributed by atoms with Crippen LogP contribution in [-0.4, -0.2) is 65.1 Å². The minimum Gasteiger partial charge on any atom is -0.356 e. The molecular formula is C25H36FN5O2. The molecule has 1 aromatic carbocycles. The summed E-state index contributed by atoms with van der Waals surface area (Å²) >= 11 is 0. The molecular weight excluding hydrogens is 421 g/mol. The summed E-state index contributed by atoms with van der Waals surface area (Å²) in [4.78, 5) is 21.9. The van der Waals surface area contributed by atoms with Gasteiger partial charge in [-0.05, 0) is 74.9 Å². The Labute approximate surface area is 195 Å². The summed E-state index contributed by atoms with van der Waals surface area (Å²) in [6.07, 6.45) is 4.20. The van der Waals surface area contributed by atoms with E-state index in [1.165, 1.54) is 31.6 Å². The summed E-state index contributed by atoms with van der Waals surface area (Å²) in [5, 5.41) is 7.17. The zero-order valence-corrected chi connectivity index (χ0v) is 19.8. The van der Waals surface area contributed by atoms with Crippen molar-refractivity contribution in [2.24, 2.45) is 17.8 Å². The van der Waals surface area contributed by atoms with Gasteiger partial charge in [0, 0.05) is 31.7 Å². The fraction of sp³-hybridized carbons (Fsp3) is 0.640. The van der Waals surface area contributed by atoms with Crippen molar-refractivity contribution in [3.8, 4) is 11.4 Å². The van der Waals surface area contributed by atoms with Gasteiger partial charge in [-0.1, -0.05) is 19.0 Å². The van der Waals surface area contributed by atoms with Crippen LogP contribution in [0.2, 0.25) is 0 Å². The first-order valence-electron chi connectivity index (χ1n) is 12.3. The fourth-order valence-electron chi connectivity index (χ4n) is 5.27. The number of nitrogens with one attached hydrogen (secondary N) is 1. The van der Waals surface area contributed by atoms with Crippen LogP contribution in [-0.2, 0) is 11.3 Å². The van der Waals surface area contributed by atoms with Crippen LogP contribution in [0.1, 0.15) is 45.4 Å². The molecule has 4 rings (SSSR count). The molecule has 0 bridgehead atoms. The topological polar surface area (TPSA) is 74.5 Å². The van der Waals surface area contributed by atoms with E-state index in [1.54, 1.807) is 12.1 Å². The van der Waals surface area contributed by atoms with Crippen LogP contribution < -0.4 is 5.32 Å². The van der Waals surface area contributed by atoms with Gasteiger partial charge >= 0.3 is 0 Å². The second kappa shape index (κ2) is 11.2. The molecule has 2 fully saturated rings. The molecule has 2 aliphatic heterocycles. The van der Waals surface area contributed by atoms with E-state index in [4.69, 9.17) is 4.52 Å². The van der Waals surface area contributed by atoms with Crippen molar-refractivity contribution >= 4 is 5.91 Å². The van der Waals surface area contributed by atoms with Gasteiger partial charge in [0.25, 0.3) is 0 Å². The van der Waals surface area contributed by atoms with Crippen LogP contribution in [0.5, 0.6) is 0 Å². The van der Waals surface area contributed by atoms with Crippen molar-refractivity contribution in [1.82, 2.24) is 25.3 Å². The normalized spacial score (nSPS) is 24.6. The van der Waals surface area contributed by atoms with Gasteiger partial charge in [-0.2, -0.15) is 4.98 Å². The van der Waals surface area contributed by atoms with E-state index < -0.39 is 0 Å². The van der Waals surface area contributed by atoms with Crippen LogP contribution in [0.25, 0.3) is 11.4 Å². The Morgan fingerprint density at radius 2 is 1.91 bits per heavy atom. The summed E-state index contributed by atoms with van der Waals surface area (Å²) in [5.41, 5.74) is 0.718. The van der Waals surface area contributed by atoms with Crippen molar-refractivity contribution in [2.75, 3.05) is 39.3 Å². The highest BCUT2D eigenvalue weighted by atomic mass is 19.1. The number of carbonyl (C=O) groups is 1.